The van der Waals surface area contributed by atoms with Crippen molar-refractivity contribution in [3.8, 4) is 0 Å². The molecule has 5 nitrogen and oxygen atoms in total. The number of carbonyl (C=O) groups excluding carboxylic acids is 1. The van der Waals surface area contributed by atoms with E-state index in [4.69, 9.17) is 11.6 Å². The van der Waals surface area contributed by atoms with Gasteiger partial charge in [0, 0.05) is 24.7 Å². The number of halogens is 2. The second-order valence-electron chi connectivity index (χ2n) is 6.40. The standard InChI is InChI=1S/C20H24ClFN2O3S/c1-4-24(5-2)28(26,27)19-13-16(10-11-17(19)21)20(25)23-14(3)12-15-8-6-7-9-18(15)22/h6-11,13-14H,4-5,12H2,1-3H3,(H,23,25). The molecule has 1 N–H and O–H groups in total. The summed E-state index contributed by atoms with van der Waals surface area (Å²) in [5, 5.41) is 2.83. The third-order valence-electron chi connectivity index (χ3n) is 4.38. The van der Waals surface area contributed by atoms with E-state index in [1.807, 2.05) is 0 Å². The van der Waals surface area contributed by atoms with Gasteiger partial charge in [0.05, 0.1) is 5.02 Å². The third-order valence-corrected chi connectivity index (χ3v) is 6.91. The molecule has 1 amide bonds. The van der Waals surface area contributed by atoms with E-state index in [1.54, 1.807) is 39.0 Å². The quantitative estimate of drug-likeness (QED) is 0.696. The molecule has 152 valence electrons. The van der Waals surface area contributed by atoms with Crippen LogP contribution < -0.4 is 5.32 Å². The molecule has 2 aromatic carbocycles. The monoisotopic (exact) mass is 426 g/mol. The molecule has 0 radical (unpaired) electrons. The lowest BCUT2D eigenvalue weighted by atomic mass is 10.1. The van der Waals surface area contributed by atoms with Gasteiger partial charge in [0.1, 0.15) is 10.7 Å². The molecular weight excluding hydrogens is 403 g/mol. The van der Waals surface area contributed by atoms with Gasteiger partial charge in [-0.2, -0.15) is 4.31 Å². The van der Waals surface area contributed by atoms with Crippen LogP contribution in [0.3, 0.4) is 0 Å². The number of sulfonamides is 1. The van der Waals surface area contributed by atoms with Gasteiger partial charge >= 0.3 is 0 Å². The summed E-state index contributed by atoms with van der Waals surface area (Å²) in [6.07, 6.45) is 0.316. The van der Waals surface area contributed by atoms with E-state index in [0.717, 1.165) is 0 Å². The van der Waals surface area contributed by atoms with Crippen molar-refractivity contribution in [1.82, 2.24) is 9.62 Å². The summed E-state index contributed by atoms with van der Waals surface area (Å²) in [6, 6.07) is 10.2. The van der Waals surface area contributed by atoms with Crippen LogP contribution in [0.2, 0.25) is 5.02 Å². The minimum Gasteiger partial charge on any atom is -0.349 e. The number of carbonyl (C=O) groups is 1. The van der Waals surface area contributed by atoms with Crippen molar-refractivity contribution in [2.24, 2.45) is 0 Å². The zero-order valence-electron chi connectivity index (χ0n) is 16.1. The Morgan fingerprint density at radius 3 is 2.43 bits per heavy atom. The van der Waals surface area contributed by atoms with Crippen LogP contribution in [0, 0.1) is 5.82 Å². The molecule has 1 atom stereocenters. The van der Waals surface area contributed by atoms with E-state index in [1.165, 1.54) is 28.6 Å². The van der Waals surface area contributed by atoms with Crippen molar-refractivity contribution in [3.05, 3.63) is 64.4 Å². The van der Waals surface area contributed by atoms with E-state index in [9.17, 15) is 17.6 Å². The highest BCUT2D eigenvalue weighted by Crippen LogP contribution is 2.26. The van der Waals surface area contributed by atoms with Crippen molar-refractivity contribution in [2.45, 2.75) is 38.1 Å². The Morgan fingerprint density at radius 2 is 1.82 bits per heavy atom. The first-order chi connectivity index (χ1) is 13.2. The summed E-state index contributed by atoms with van der Waals surface area (Å²) in [6.45, 7) is 5.82. The fraction of sp³-hybridized carbons (Fsp3) is 0.350. The number of hydrogen-bond acceptors (Lipinski definition) is 3. The molecule has 0 saturated carbocycles. The second-order valence-corrected chi connectivity index (χ2v) is 8.72. The maximum atomic E-state index is 13.8. The van der Waals surface area contributed by atoms with Gasteiger partial charge in [0.2, 0.25) is 10.0 Å². The minimum atomic E-state index is -3.80. The number of nitrogens with zero attached hydrogens (tertiary/aromatic N) is 1. The predicted octanol–water partition coefficient (Wildman–Crippen LogP) is 3.87. The molecule has 28 heavy (non-hydrogen) atoms. The van der Waals surface area contributed by atoms with Gasteiger partial charge in [-0.05, 0) is 43.2 Å². The average molecular weight is 427 g/mol. The molecule has 0 saturated heterocycles. The summed E-state index contributed by atoms with van der Waals surface area (Å²) >= 11 is 6.09. The van der Waals surface area contributed by atoms with E-state index >= 15 is 0 Å². The highest BCUT2D eigenvalue weighted by molar-refractivity contribution is 7.89. The molecule has 0 aromatic heterocycles. The van der Waals surface area contributed by atoms with Crippen molar-refractivity contribution in [2.75, 3.05) is 13.1 Å². The highest BCUT2D eigenvalue weighted by atomic mass is 35.5. The maximum absolute atomic E-state index is 13.8. The first-order valence-electron chi connectivity index (χ1n) is 9.04. The first kappa shape index (κ1) is 22.3. The molecule has 0 spiro atoms. The molecular formula is C20H24ClFN2O3S. The van der Waals surface area contributed by atoms with Crippen molar-refractivity contribution < 1.29 is 17.6 Å². The molecule has 0 bridgehead atoms. The van der Waals surface area contributed by atoms with Crippen molar-refractivity contribution in [3.63, 3.8) is 0 Å². The summed E-state index contributed by atoms with van der Waals surface area (Å²) in [7, 11) is -3.80. The van der Waals surface area contributed by atoms with Crippen LogP contribution in [-0.2, 0) is 16.4 Å². The van der Waals surface area contributed by atoms with E-state index in [2.05, 4.69) is 5.32 Å². The zero-order chi connectivity index (χ0) is 20.9. The van der Waals surface area contributed by atoms with E-state index < -0.39 is 15.9 Å². The van der Waals surface area contributed by atoms with Crippen molar-refractivity contribution in [1.29, 1.82) is 0 Å². The lowest BCUT2D eigenvalue weighted by molar-refractivity contribution is 0.0939. The molecule has 0 aliphatic carbocycles. The Bertz CT molecular complexity index is 946. The second kappa shape index (κ2) is 9.49. The largest absolute Gasteiger partial charge is 0.349 e. The summed E-state index contributed by atoms with van der Waals surface area (Å²) in [4.78, 5) is 12.5. The van der Waals surface area contributed by atoms with Gasteiger partial charge < -0.3 is 5.32 Å². The number of amides is 1. The van der Waals surface area contributed by atoms with Crippen molar-refractivity contribution >= 4 is 27.5 Å². The molecule has 0 fully saturated rings. The third kappa shape index (κ3) is 5.10. The Labute approximate surface area is 170 Å². The lowest BCUT2D eigenvalue weighted by Crippen LogP contribution is -2.35. The topological polar surface area (TPSA) is 66.5 Å². The van der Waals surface area contributed by atoms with Gasteiger partial charge in [-0.25, -0.2) is 12.8 Å². The van der Waals surface area contributed by atoms with Gasteiger partial charge in [-0.3, -0.25) is 4.79 Å². The number of nitrogens with one attached hydrogen (secondary N) is 1. The zero-order valence-corrected chi connectivity index (χ0v) is 17.6. The first-order valence-corrected chi connectivity index (χ1v) is 10.9. The molecule has 0 heterocycles. The van der Waals surface area contributed by atoms with E-state index in [-0.39, 0.29) is 27.3 Å². The van der Waals surface area contributed by atoms with Crippen LogP contribution in [0.15, 0.2) is 47.4 Å². The summed E-state index contributed by atoms with van der Waals surface area (Å²) in [5.74, 6) is -0.779. The fourth-order valence-corrected chi connectivity index (χ4v) is 4.86. The Balaban J connectivity index is 2.21. The molecule has 2 aromatic rings. The maximum Gasteiger partial charge on any atom is 0.251 e. The lowest BCUT2D eigenvalue weighted by Gasteiger charge is -2.20. The SMILES string of the molecule is CCN(CC)S(=O)(=O)c1cc(C(=O)NC(C)Cc2ccccc2F)ccc1Cl. The Hall–Kier alpha value is -1.96. The van der Waals surface area contributed by atoms with Crippen LogP contribution in [0.1, 0.15) is 36.7 Å². The normalized spacial score (nSPS) is 12.8. The van der Waals surface area contributed by atoms with Crippen LogP contribution in [0.4, 0.5) is 4.39 Å². The van der Waals surface area contributed by atoms with Crippen LogP contribution in [0.25, 0.3) is 0 Å². The van der Waals surface area contributed by atoms with Gasteiger partial charge in [0.15, 0.2) is 0 Å². The molecule has 8 heteroatoms. The molecule has 0 aliphatic heterocycles. The Kier molecular flexibility index (Phi) is 7.57. The molecule has 2 rings (SSSR count). The minimum absolute atomic E-state index is 0.0582. The van der Waals surface area contributed by atoms with E-state index in [0.29, 0.717) is 25.1 Å². The average Bonchev–Trinajstić information content (AvgIpc) is 2.64. The Morgan fingerprint density at radius 1 is 1.18 bits per heavy atom. The predicted molar refractivity (Wildman–Crippen MR) is 109 cm³/mol. The van der Waals surface area contributed by atoms with Gasteiger partial charge in [0.25, 0.3) is 5.91 Å². The van der Waals surface area contributed by atoms with Gasteiger partial charge in [-0.1, -0.05) is 43.6 Å². The fourth-order valence-electron chi connectivity index (χ4n) is 2.90. The molecule has 1 unspecified atom stereocenters. The van der Waals surface area contributed by atoms with Crippen LogP contribution >= 0.6 is 11.6 Å². The highest BCUT2D eigenvalue weighted by Gasteiger charge is 2.25. The number of rotatable bonds is 8. The number of benzene rings is 2. The van der Waals surface area contributed by atoms with Gasteiger partial charge in [-0.15, -0.1) is 0 Å². The smallest absolute Gasteiger partial charge is 0.251 e. The molecule has 0 aliphatic rings. The summed E-state index contributed by atoms with van der Waals surface area (Å²) in [5.41, 5.74) is 0.673. The van der Waals surface area contributed by atoms with Crippen LogP contribution in [0.5, 0.6) is 0 Å². The summed E-state index contributed by atoms with van der Waals surface area (Å²) < 4.78 is 40.6. The number of hydrogen-bond donors (Lipinski definition) is 1. The van der Waals surface area contributed by atoms with Crippen LogP contribution in [-0.4, -0.2) is 37.8 Å².